The molecule has 1 N–H and O–H groups in total. The Kier molecular flexibility index (Phi) is 4.29. The van der Waals surface area contributed by atoms with Crippen molar-refractivity contribution >= 4 is 44.9 Å². The Labute approximate surface area is 152 Å². The number of anilines is 1. The third-order valence-corrected chi connectivity index (χ3v) is 5.37. The fraction of sp³-hybridized carbons (Fsp3) is 0.235. The Bertz CT molecular complexity index is 953. The Balaban J connectivity index is 1.82. The molecule has 8 heteroatoms. The van der Waals surface area contributed by atoms with Crippen LogP contribution in [0.25, 0.3) is 20.7 Å². The van der Waals surface area contributed by atoms with E-state index < -0.39 is 5.97 Å². The minimum atomic E-state index is -0.945. The van der Waals surface area contributed by atoms with Gasteiger partial charge in [-0.15, -0.1) is 11.3 Å². The lowest BCUT2D eigenvalue weighted by atomic mass is 10.1. The molecule has 128 valence electrons. The van der Waals surface area contributed by atoms with Crippen molar-refractivity contribution in [3.63, 3.8) is 0 Å². The number of carbonyl (C=O) groups is 1. The average molecular weight is 376 g/mol. The number of benzene rings is 1. The number of halogens is 1. The maximum Gasteiger partial charge on any atom is 0.335 e. The summed E-state index contributed by atoms with van der Waals surface area (Å²) in [5.41, 5.74) is 1.86. The number of hydrogen-bond acceptors (Lipinski definition) is 6. The molecule has 0 saturated carbocycles. The second-order valence-corrected chi connectivity index (χ2v) is 7.02. The largest absolute Gasteiger partial charge is 0.478 e. The summed E-state index contributed by atoms with van der Waals surface area (Å²) in [6.07, 6.45) is 0. The third-order valence-electron chi connectivity index (χ3n) is 4.03. The van der Waals surface area contributed by atoms with E-state index in [-0.39, 0.29) is 10.8 Å². The lowest BCUT2D eigenvalue weighted by Crippen LogP contribution is -2.36. The van der Waals surface area contributed by atoms with E-state index in [4.69, 9.17) is 16.3 Å². The van der Waals surface area contributed by atoms with Gasteiger partial charge < -0.3 is 14.7 Å². The molecule has 0 atom stereocenters. The average Bonchev–Trinajstić information content (AvgIpc) is 3.05. The van der Waals surface area contributed by atoms with E-state index >= 15 is 0 Å². The number of nitrogens with zero attached hydrogens (tertiary/aromatic N) is 3. The molecular formula is C17H14ClN3O3S. The molecule has 25 heavy (non-hydrogen) atoms. The molecule has 0 amide bonds. The number of aromatic carboxylic acids is 1. The molecule has 0 radical (unpaired) electrons. The van der Waals surface area contributed by atoms with Crippen LogP contribution in [0.4, 0.5) is 5.82 Å². The number of hydrogen-bond donors (Lipinski definition) is 1. The van der Waals surface area contributed by atoms with Crippen molar-refractivity contribution < 1.29 is 14.6 Å². The number of fused-ring (bicyclic) bond motifs is 1. The molecule has 0 aliphatic carbocycles. The van der Waals surface area contributed by atoms with Gasteiger partial charge in [0.25, 0.3) is 0 Å². The lowest BCUT2D eigenvalue weighted by molar-refractivity contribution is 0.0697. The molecule has 1 fully saturated rings. The summed E-state index contributed by atoms with van der Waals surface area (Å²) >= 11 is 7.65. The van der Waals surface area contributed by atoms with Gasteiger partial charge in [-0.1, -0.05) is 12.1 Å². The van der Waals surface area contributed by atoms with Crippen molar-refractivity contribution in [2.24, 2.45) is 0 Å². The standard InChI is InChI=1S/C17H14ClN3O3S/c18-17-19-12-9-13(10-2-1-3-11(8-10)16(22)23)25-14(12)15(20-17)21-4-6-24-7-5-21/h1-3,8-9H,4-7H2,(H,22,23). The van der Waals surface area contributed by atoms with Crippen LogP contribution < -0.4 is 4.90 Å². The zero-order valence-electron chi connectivity index (χ0n) is 13.1. The van der Waals surface area contributed by atoms with Gasteiger partial charge in [0.15, 0.2) is 5.82 Å². The van der Waals surface area contributed by atoms with Crippen LogP contribution in [0.2, 0.25) is 5.28 Å². The number of carboxylic acids is 1. The maximum atomic E-state index is 11.2. The van der Waals surface area contributed by atoms with Gasteiger partial charge in [-0.3, -0.25) is 0 Å². The second-order valence-electron chi connectivity index (χ2n) is 5.63. The number of morpholine rings is 1. The topological polar surface area (TPSA) is 75.5 Å². The molecule has 1 aliphatic heterocycles. The van der Waals surface area contributed by atoms with Crippen molar-refractivity contribution in [1.29, 1.82) is 0 Å². The van der Waals surface area contributed by atoms with Crippen molar-refractivity contribution in [2.45, 2.75) is 0 Å². The first kappa shape index (κ1) is 16.3. The third kappa shape index (κ3) is 3.18. The van der Waals surface area contributed by atoms with E-state index in [1.165, 1.54) is 0 Å². The Hall–Kier alpha value is -2.22. The zero-order chi connectivity index (χ0) is 17.4. The molecule has 0 unspecified atom stereocenters. The van der Waals surface area contributed by atoms with Gasteiger partial charge in [0.1, 0.15) is 0 Å². The van der Waals surface area contributed by atoms with Gasteiger partial charge in [-0.05, 0) is 35.4 Å². The summed E-state index contributed by atoms with van der Waals surface area (Å²) in [5, 5.41) is 9.40. The first-order chi connectivity index (χ1) is 12.1. The smallest absolute Gasteiger partial charge is 0.335 e. The quantitative estimate of drug-likeness (QED) is 0.705. The Morgan fingerprint density at radius 2 is 2.04 bits per heavy atom. The van der Waals surface area contributed by atoms with E-state index in [0.29, 0.717) is 13.2 Å². The highest BCUT2D eigenvalue weighted by Crippen LogP contribution is 2.38. The first-order valence-corrected chi connectivity index (χ1v) is 8.95. The molecule has 2 aromatic heterocycles. The van der Waals surface area contributed by atoms with E-state index in [9.17, 15) is 9.90 Å². The number of thiophene rings is 1. The SMILES string of the molecule is O=C(O)c1cccc(-c2cc3nc(Cl)nc(N4CCOCC4)c3s2)c1. The molecule has 0 spiro atoms. The van der Waals surface area contributed by atoms with E-state index in [2.05, 4.69) is 14.9 Å². The predicted molar refractivity (Wildman–Crippen MR) is 97.9 cm³/mol. The van der Waals surface area contributed by atoms with Crippen molar-refractivity contribution in [2.75, 3.05) is 31.2 Å². The van der Waals surface area contributed by atoms with Crippen LogP contribution in [0, 0.1) is 0 Å². The minimum Gasteiger partial charge on any atom is -0.478 e. The highest BCUT2D eigenvalue weighted by Gasteiger charge is 2.19. The fourth-order valence-electron chi connectivity index (χ4n) is 2.82. The highest BCUT2D eigenvalue weighted by atomic mass is 35.5. The maximum absolute atomic E-state index is 11.2. The van der Waals surface area contributed by atoms with E-state index in [1.54, 1.807) is 29.5 Å². The number of aromatic nitrogens is 2. The number of carboxylic acid groups (broad SMARTS) is 1. The molecule has 0 bridgehead atoms. The molecule has 3 heterocycles. The molecule has 1 aliphatic rings. The van der Waals surface area contributed by atoms with Crippen LogP contribution in [-0.4, -0.2) is 47.3 Å². The lowest BCUT2D eigenvalue weighted by Gasteiger charge is -2.28. The van der Waals surface area contributed by atoms with E-state index in [1.807, 2.05) is 12.1 Å². The van der Waals surface area contributed by atoms with E-state index in [0.717, 1.165) is 39.6 Å². The van der Waals surface area contributed by atoms with Crippen molar-refractivity contribution in [1.82, 2.24) is 9.97 Å². The summed E-state index contributed by atoms with van der Waals surface area (Å²) in [4.78, 5) is 23.0. The molecule has 6 nitrogen and oxygen atoms in total. The summed E-state index contributed by atoms with van der Waals surface area (Å²) in [5.74, 6) is -0.135. The Morgan fingerprint density at radius 1 is 1.24 bits per heavy atom. The van der Waals surface area contributed by atoms with Gasteiger partial charge >= 0.3 is 5.97 Å². The number of rotatable bonds is 3. The zero-order valence-corrected chi connectivity index (χ0v) is 14.7. The van der Waals surface area contributed by atoms with Crippen LogP contribution in [0.5, 0.6) is 0 Å². The molecule has 1 saturated heterocycles. The van der Waals surface area contributed by atoms with Gasteiger partial charge in [0.05, 0.1) is 29.0 Å². The minimum absolute atomic E-state index is 0.206. The van der Waals surface area contributed by atoms with Gasteiger partial charge in [0, 0.05) is 18.0 Å². The van der Waals surface area contributed by atoms with Crippen molar-refractivity contribution in [3.05, 3.63) is 41.2 Å². The van der Waals surface area contributed by atoms with Gasteiger partial charge in [0.2, 0.25) is 5.28 Å². The predicted octanol–water partition coefficient (Wildman–Crippen LogP) is 3.55. The first-order valence-electron chi connectivity index (χ1n) is 7.75. The normalized spacial score (nSPS) is 14.8. The van der Waals surface area contributed by atoms with Crippen LogP contribution in [0.1, 0.15) is 10.4 Å². The highest BCUT2D eigenvalue weighted by molar-refractivity contribution is 7.22. The number of ether oxygens (including phenoxy) is 1. The van der Waals surface area contributed by atoms with Crippen LogP contribution in [0.3, 0.4) is 0 Å². The fourth-order valence-corrected chi connectivity index (χ4v) is 4.11. The van der Waals surface area contributed by atoms with Crippen LogP contribution >= 0.6 is 22.9 Å². The van der Waals surface area contributed by atoms with Gasteiger partial charge in [-0.25, -0.2) is 9.78 Å². The summed E-state index contributed by atoms with van der Waals surface area (Å²) < 4.78 is 6.35. The molecule has 3 aromatic rings. The Morgan fingerprint density at radius 3 is 2.80 bits per heavy atom. The summed E-state index contributed by atoms with van der Waals surface area (Å²) in [6.45, 7) is 2.82. The van der Waals surface area contributed by atoms with Crippen LogP contribution in [-0.2, 0) is 4.74 Å². The molecule has 4 rings (SSSR count). The second kappa shape index (κ2) is 6.59. The van der Waals surface area contributed by atoms with Crippen molar-refractivity contribution in [3.8, 4) is 10.4 Å². The molecular weight excluding hydrogens is 362 g/mol. The monoisotopic (exact) mass is 375 g/mol. The molecule has 1 aromatic carbocycles. The summed E-state index contributed by atoms with van der Waals surface area (Å²) in [6, 6.07) is 8.80. The van der Waals surface area contributed by atoms with Crippen LogP contribution in [0.15, 0.2) is 30.3 Å². The summed E-state index contributed by atoms with van der Waals surface area (Å²) in [7, 11) is 0. The van der Waals surface area contributed by atoms with Gasteiger partial charge in [-0.2, -0.15) is 4.98 Å².